The highest BCUT2D eigenvalue weighted by Crippen LogP contribution is 2.40. The Labute approximate surface area is 140 Å². The first kappa shape index (κ1) is 19.3. The van der Waals surface area contributed by atoms with Crippen LogP contribution in [0.25, 0.3) is 6.08 Å². The number of ether oxygens (including phenoxy) is 2. The van der Waals surface area contributed by atoms with Gasteiger partial charge in [-0.25, -0.2) is 0 Å². The van der Waals surface area contributed by atoms with Gasteiger partial charge in [0.15, 0.2) is 0 Å². The third kappa shape index (κ3) is 5.74. The fraction of sp³-hybridized carbons (Fsp3) is 0.500. The van der Waals surface area contributed by atoms with Crippen LogP contribution in [-0.4, -0.2) is 31.6 Å². The van der Waals surface area contributed by atoms with Crippen molar-refractivity contribution in [2.24, 2.45) is 0 Å². The van der Waals surface area contributed by atoms with Gasteiger partial charge < -0.3 is 9.47 Å². The van der Waals surface area contributed by atoms with Gasteiger partial charge in [0, 0.05) is 12.5 Å². The van der Waals surface area contributed by atoms with Gasteiger partial charge in [-0.3, -0.25) is 14.5 Å². The van der Waals surface area contributed by atoms with Crippen LogP contribution in [0.5, 0.6) is 11.5 Å². The topological polar surface area (TPSA) is 61.6 Å². The molecule has 0 unspecified atom stereocenters. The lowest BCUT2D eigenvalue weighted by molar-refractivity contribution is -0.425. The highest BCUT2D eigenvalue weighted by Gasteiger charge is 2.15. The summed E-state index contributed by atoms with van der Waals surface area (Å²) in [5.74, 6) is 1.94. The van der Waals surface area contributed by atoms with Crippen LogP contribution in [0.15, 0.2) is 22.7 Å². The Morgan fingerprint density at radius 1 is 1.30 bits per heavy atom. The van der Waals surface area contributed by atoms with Crippen molar-refractivity contribution in [2.75, 3.05) is 26.6 Å². The number of thioether (sulfide) groups is 1. The second-order valence-electron chi connectivity index (χ2n) is 4.75. The molecule has 0 heterocycles. The molecule has 0 N–H and O–H groups in total. The van der Waals surface area contributed by atoms with Crippen molar-refractivity contribution < 1.29 is 18.8 Å². The monoisotopic (exact) mass is 343 g/mol. The normalized spacial score (nSPS) is 11.4. The quantitative estimate of drug-likeness (QED) is 0.269. The van der Waals surface area contributed by atoms with Crippen molar-refractivity contribution in [3.05, 3.63) is 33.5 Å². The predicted molar refractivity (Wildman–Crippen MR) is 90.7 cm³/mol. The zero-order chi connectivity index (χ0) is 17.2. The SMILES string of the molecule is CC/C(=C\c1cc(OC)c(SCCCCF)c(OC)c1)[N+](=O)[O-]. The van der Waals surface area contributed by atoms with Crippen molar-refractivity contribution in [1.82, 2.24) is 0 Å². The lowest BCUT2D eigenvalue weighted by Gasteiger charge is -2.14. The summed E-state index contributed by atoms with van der Waals surface area (Å²) in [4.78, 5) is 11.4. The smallest absolute Gasteiger partial charge is 0.246 e. The van der Waals surface area contributed by atoms with E-state index in [1.807, 2.05) is 0 Å². The molecule has 0 radical (unpaired) electrons. The summed E-state index contributed by atoms with van der Waals surface area (Å²) in [7, 11) is 3.09. The molecule has 0 saturated heterocycles. The van der Waals surface area contributed by atoms with Crippen molar-refractivity contribution in [2.45, 2.75) is 31.1 Å². The van der Waals surface area contributed by atoms with E-state index in [-0.39, 0.29) is 12.4 Å². The number of benzene rings is 1. The maximum atomic E-state index is 12.2. The molecule has 128 valence electrons. The van der Waals surface area contributed by atoms with Gasteiger partial charge in [0.05, 0.1) is 30.7 Å². The third-order valence-corrected chi connectivity index (χ3v) is 4.37. The summed E-state index contributed by atoms with van der Waals surface area (Å²) in [5.41, 5.74) is 0.776. The van der Waals surface area contributed by atoms with E-state index in [4.69, 9.17) is 9.47 Å². The molecule has 0 saturated carbocycles. The van der Waals surface area contributed by atoms with Crippen LogP contribution < -0.4 is 9.47 Å². The fourth-order valence-corrected chi connectivity index (χ4v) is 3.09. The van der Waals surface area contributed by atoms with Gasteiger partial charge >= 0.3 is 0 Å². The molecule has 0 aliphatic heterocycles. The number of hydrogen-bond acceptors (Lipinski definition) is 5. The second kappa shape index (κ2) is 10.1. The summed E-state index contributed by atoms with van der Waals surface area (Å²) in [6.07, 6.45) is 3.14. The van der Waals surface area contributed by atoms with E-state index in [9.17, 15) is 14.5 Å². The van der Waals surface area contributed by atoms with Gasteiger partial charge in [-0.05, 0) is 36.3 Å². The van der Waals surface area contributed by atoms with Crippen LogP contribution in [-0.2, 0) is 0 Å². The molecule has 0 spiro atoms. The first-order valence-electron chi connectivity index (χ1n) is 7.37. The molecule has 0 amide bonds. The number of nitro groups is 1. The van der Waals surface area contributed by atoms with Gasteiger partial charge in [0.2, 0.25) is 5.70 Å². The Morgan fingerprint density at radius 2 is 1.91 bits per heavy atom. The molecular weight excluding hydrogens is 321 g/mol. The summed E-state index contributed by atoms with van der Waals surface area (Å²) in [6.45, 7) is 1.41. The highest BCUT2D eigenvalue weighted by atomic mass is 32.2. The number of nitrogens with zero attached hydrogens (tertiary/aromatic N) is 1. The van der Waals surface area contributed by atoms with Crippen molar-refractivity contribution >= 4 is 17.8 Å². The van der Waals surface area contributed by atoms with E-state index < -0.39 is 4.92 Å². The average molecular weight is 343 g/mol. The molecule has 0 aromatic heterocycles. The number of unbranched alkanes of at least 4 members (excludes halogenated alkanes) is 1. The Kier molecular flexibility index (Phi) is 8.47. The maximum absolute atomic E-state index is 12.2. The Hall–Kier alpha value is -1.76. The number of alkyl halides is 1. The molecule has 0 fully saturated rings. The predicted octanol–water partition coefficient (Wildman–Crippen LogP) is 4.57. The molecule has 0 bridgehead atoms. The number of halogens is 1. The van der Waals surface area contributed by atoms with Gasteiger partial charge in [-0.2, -0.15) is 0 Å². The Bertz CT molecular complexity index is 538. The van der Waals surface area contributed by atoms with E-state index in [2.05, 4.69) is 0 Å². The standard InChI is InChI=1S/C16H22FNO4S/c1-4-13(18(19)20)9-12-10-14(21-2)16(15(11-12)22-3)23-8-6-5-7-17/h9-11H,4-8H2,1-3H3/b13-9+. The molecule has 1 aromatic rings. The van der Waals surface area contributed by atoms with Crippen LogP contribution in [0.3, 0.4) is 0 Å². The Morgan fingerprint density at radius 3 is 2.35 bits per heavy atom. The van der Waals surface area contributed by atoms with Crippen LogP contribution in [0, 0.1) is 10.1 Å². The summed E-state index contributed by atoms with van der Waals surface area (Å²) < 4.78 is 22.9. The largest absolute Gasteiger partial charge is 0.495 e. The minimum atomic E-state index is -0.390. The van der Waals surface area contributed by atoms with Gasteiger partial charge in [0.1, 0.15) is 11.5 Å². The fourth-order valence-electron chi connectivity index (χ4n) is 1.97. The van der Waals surface area contributed by atoms with Crippen LogP contribution >= 0.6 is 11.8 Å². The summed E-state index contributed by atoms with van der Waals surface area (Å²) >= 11 is 1.53. The van der Waals surface area contributed by atoms with E-state index in [1.165, 1.54) is 17.8 Å². The molecule has 0 atom stereocenters. The number of allylic oxidation sites excluding steroid dienone is 1. The molecule has 7 heteroatoms. The van der Waals surface area contributed by atoms with Crippen LogP contribution in [0.2, 0.25) is 0 Å². The third-order valence-electron chi connectivity index (χ3n) is 3.19. The lowest BCUT2D eigenvalue weighted by atomic mass is 10.1. The van der Waals surface area contributed by atoms with Crippen LogP contribution in [0.4, 0.5) is 4.39 Å². The second-order valence-corrected chi connectivity index (χ2v) is 5.85. The molecule has 23 heavy (non-hydrogen) atoms. The zero-order valence-corrected chi connectivity index (χ0v) is 14.5. The first-order valence-corrected chi connectivity index (χ1v) is 8.35. The van der Waals surface area contributed by atoms with E-state index in [1.54, 1.807) is 33.3 Å². The van der Waals surface area contributed by atoms with E-state index >= 15 is 0 Å². The Balaban J connectivity index is 3.12. The van der Waals surface area contributed by atoms with Crippen LogP contribution in [0.1, 0.15) is 31.7 Å². The number of methoxy groups -OCH3 is 2. The minimum Gasteiger partial charge on any atom is -0.495 e. The lowest BCUT2D eigenvalue weighted by Crippen LogP contribution is -1.98. The highest BCUT2D eigenvalue weighted by molar-refractivity contribution is 7.99. The van der Waals surface area contributed by atoms with Gasteiger partial charge in [-0.1, -0.05) is 6.92 Å². The van der Waals surface area contributed by atoms with E-state index in [0.717, 1.165) is 17.1 Å². The molecule has 0 aliphatic rings. The first-order chi connectivity index (χ1) is 11.1. The summed E-state index contributed by atoms with van der Waals surface area (Å²) in [6, 6.07) is 3.50. The number of hydrogen-bond donors (Lipinski definition) is 0. The molecular formula is C16H22FNO4S. The van der Waals surface area contributed by atoms with Gasteiger partial charge in [0.25, 0.3) is 0 Å². The number of rotatable bonds is 10. The molecule has 1 rings (SSSR count). The van der Waals surface area contributed by atoms with Crippen molar-refractivity contribution in [3.8, 4) is 11.5 Å². The van der Waals surface area contributed by atoms with Crippen molar-refractivity contribution in [1.29, 1.82) is 0 Å². The maximum Gasteiger partial charge on any atom is 0.246 e. The molecule has 5 nitrogen and oxygen atoms in total. The van der Waals surface area contributed by atoms with Crippen molar-refractivity contribution in [3.63, 3.8) is 0 Å². The van der Waals surface area contributed by atoms with E-state index in [0.29, 0.717) is 29.9 Å². The zero-order valence-electron chi connectivity index (χ0n) is 13.6. The minimum absolute atomic E-state index is 0.123. The summed E-state index contributed by atoms with van der Waals surface area (Å²) in [5, 5.41) is 11.0. The average Bonchev–Trinajstić information content (AvgIpc) is 2.56. The molecule has 0 aliphatic carbocycles. The molecule has 1 aromatic carbocycles. The van der Waals surface area contributed by atoms with Gasteiger partial charge in [-0.15, -0.1) is 11.8 Å².